The van der Waals surface area contributed by atoms with Crippen molar-refractivity contribution in [1.29, 1.82) is 0 Å². The first-order valence-electron chi connectivity index (χ1n) is 18.9. The number of benzene rings is 7. The Bertz CT molecular complexity index is 1920. The van der Waals surface area contributed by atoms with Gasteiger partial charge in [-0.2, -0.15) is 22.7 Å². The molecule has 2 heteroatoms. The first-order valence-corrected chi connectivity index (χ1v) is 20.9. The van der Waals surface area contributed by atoms with Crippen LogP contribution >= 0.6 is 7.26 Å². The minimum absolute atomic E-state index is 0.971. The highest BCUT2D eigenvalue weighted by Crippen LogP contribution is 2.58. The van der Waals surface area contributed by atoms with Gasteiger partial charge in [-0.3, -0.25) is 0 Å². The minimum Gasteiger partial charge on any atom is -0.200 e. The largest absolute Gasteiger partial charge is 0.200 e. The molecule has 0 atom stereocenters. The summed E-state index contributed by atoms with van der Waals surface area (Å²) in [6, 6.07) is 71.5. The maximum atomic E-state index is 2.40. The molecule has 7 aromatic rings. The quantitative estimate of drug-likeness (QED) is 0.0935. The summed E-state index contributed by atoms with van der Waals surface area (Å²) in [5, 5.41) is 4.30. The molecule has 0 heterocycles. The zero-order chi connectivity index (χ0) is 36.2. The summed E-state index contributed by atoms with van der Waals surface area (Å²) in [7, 11) is -1.78. The minimum atomic E-state index is -1.78. The molecule has 0 fully saturated rings. The van der Waals surface area contributed by atoms with E-state index in [1.54, 1.807) is 0 Å². The lowest BCUT2D eigenvalue weighted by molar-refractivity contribution is 0.874. The smallest absolute Gasteiger partial charge is 0.116 e. The standard InChI is InChI=1S/C25H30B.C25H22P/c1-5-6-16-26(23-13-7-10-20(2)17-23,24-14-8-11-21(3)18-24)25-15-9-12-22(4)19-25;1-5-13-22(14-6-1)21-26(23-15-7-2-8-16-23,24-17-9-3-10-18-24)25-19-11-4-12-20-25/h7-15,17-19H,5-6,16H2,1-4H3;1-20H,21H2/q-1;+1. The van der Waals surface area contributed by atoms with E-state index < -0.39 is 13.4 Å². The molecule has 0 bridgehead atoms. The van der Waals surface area contributed by atoms with Crippen LogP contribution in [0, 0.1) is 20.8 Å². The Kier molecular flexibility index (Phi) is 12.4. The van der Waals surface area contributed by atoms with E-state index in [4.69, 9.17) is 0 Å². The molecule has 0 aliphatic heterocycles. The van der Waals surface area contributed by atoms with Crippen LogP contribution in [0.2, 0.25) is 6.32 Å². The first-order chi connectivity index (χ1) is 25.5. The highest BCUT2D eigenvalue weighted by atomic mass is 31.2. The van der Waals surface area contributed by atoms with E-state index in [0.29, 0.717) is 0 Å². The summed E-state index contributed by atoms with van der Waals surface area (Å²) in [4.78, 5) is 0. The van der Waals surface area contributed by atoms with Crippen LogP contribution in [-0.2, 0) is 6.16 Å². The highest BCUT2D eigenvalue weighted by molar-refractivity contribution is 7.95. The van der Waals surface area contributed by atoms with Crippen LogP contribution in [0.1, 0.15) is 42.0 Å². The lowest BCUT2D eigenvalue weighted by Crippen LogP contribution is -2.67. The Morgan fingerprint density at radius 2 is 0.750 bits per heavy atom. The van der Waals surface area contributed by atoms with Gasteiger partial charge in [-0.25, -0.2) is 0 Å². The van der Waals surface area contributed by atoms with E-state index in [-0.39, 0.29) is 0 Å². The second-order valence-corrected chi connectivity index (χ2v) is 17.9. The van der Waals surface area contributed by atoms with Gasteiger partial charge in [0.25, 0.3) is 0 Å². The van der Waals surface area contributed by atoms with Crippen LogP contribution in [-0.4, -0.2) is 6.15 Å². The molecule has 0 nitrogen and oxygen atoms in total. The Morgan fingerprint density at radius 1 is 0.404 bits per heavy atom. The van der Waals surface area contributed by atoms with Crippen molar-refractivity contribution in [3.63, 3.8) is 0 Å². The van der Waals surface area contributed by atoms with E-state index >= 15 is 0 Å². The number of rotatable bonds is 11. The predicted molar refractivity (Wildman–Crippen MR) is 233 cm³/mol. The maximum Gasteiger partial charge on any atom is 0.116 e. The van der Waals surface area contributed by atoms with Crippen LogP contribution < -0.4 is 32.3 Å². The molecule has 0 aliphatic rings. The number of unbranched alkanes of at least 4 members (excludes halogenated alkanes) is 1. The second kappa shape index (κ2) is 17.5. The van der Waals surface area contributed by atoms with Gasteiger partial charge in [0.05, 0.1) is 12.3 Å². The summed E-state index contributed by atoms with van der Waals surface area (Å²) in [6.45, 7) is 8.91. The third-order valence-corrected chi connectivity index (χ3v) is 15.1. The Morgan fingerprint density at radius 3 is 1.08 bits per heavy atom. The Hall–Kier alpha value is -4.97. The summed E-state index contributed by atoms with van der Waals surface area (Å²) >= 11 is 0. The highest BCUT2D eigenvalue weighted by Gasteiger charge is 2.45. The van der Waals surface area contributed by atoms with E-state index in [2.05, 4.69) is 222 Å². The van der Waals surface area contributed by atoms with Crippen LogP contribution in [0.15, 0.2) is 194 Å². The summed E-state index contributed by atoms with van der Waals surface area (Å²) in [5.41, 5.74) is 9.80. The van der Waals surface area contributed by atoms with Crippen molar-refractivity contribution in [3.05, 3.63) is 216 Å². The molecule has 0 aromatic heterocycles. The van der Waals surface area contributed by atoms with Crippen molar-refractivity contribution in [2.24, 2.45) is 0 Å². The molecule has 0 unspecified atom stereocenters. The van der Waals surface area contributed by atoms with Gasteiger partial charge in [0.1, 0.15) is 23.2 Å². The van der Waals surface area contributed by atoms with Crippen molar-refractivity contribution < 1.29 is 0 Å². The molecule has 0 aliphatic carbocycles. The SMILES string of the molecule is CCCC[B-](c1cccc(C)c1)(c1cccc(C)c1)c1cccc(C)c1.c1ccc(C[P+](c2ccccc2)(c2ccccc2)c2ccccc2)cc1. The molecular formula is C50H52BP. The fraction of sp³-hybridized carbons (Fsp3) is 0.160. The Labute approximate surface area is 313 Å². The van der Waals surface area contributed by atoms with E-state index in [0.717, 1.165) is 6.16 Å². The zero-order valence-corrected chi connectivity index (χ0v) is 32.2. The number of aryl methyl sites for hydroxylation is 3. The van der Waals surface area contributed by atoms with E-state index in [9.17, 15) is 0 Å². The van der Waals surface area contributed by atoms with Crippen molar-refractivity contribution in [2.45, 2.75) is 53.0 Å². The fourth-order valence-corrected chi connectivity index (χ4v) is 12.4. The molecule has 0 saturated carbocycles. The lowest BCUT2D eigenvalue weighted by Gasteiger charge is -2.44. The van der Waals surface area contributed by atoms with Gasteiger partial charge in [0.2, 0.25) is 0 Å². The van der Waals surface area contributed by atoms with Gasteiger partial charge in [0.15, 0.2) is 0 Å². The lowest BCUT2D eigenvalue weighted by atomic mass is 9.14. The Balaban J connectivity index is 0.000000179. The number of hydrogen-bond acceptors (Lipinski definition) is 0. The molecule has 0 amide bonds. The molecular weight excluding hydrogens is 642 g/mol. The van der Waals surface area contributed by atoms with Gasteiger partial charge < -0.3 is 0 Å². The number of hydrogen-bond donors (Lipinski definition) is 0. The molecule has 0 spiro atoms. The molecule has 7 aromatic carbocycles. The van der Waals surface area contributed by atoms with E-state index in [1.165, 1.54) is 73.7 Å². The average Bonchev–Trinajstić information content (AvgIpc) is 3.19. The van der Waals surface area contributed by atoms with Crippen molar-refractivity contribution in [2.75, 3.05) is 0 Å². The molecule has 0 N–H and O–H groups in total. The molecule has 7 rings (SSSR count). The van der Waals surface area contributed by atoms with Crippen LogP contribution in [0.3, 0.4) is 0 Å². The monoisotopic (exact) mass is 694 g/mol. The first kappa shape index (κ1) is 36.8. The van der Waals surface area contributed by atoms with Crippen molar-refractivity contribution in [3.8, 4) is 0 Å². The molecule has 52 heavy (non-hydrogen) atoms. The van der Waals surface area contributed by atoms with Gasteiger partial charge in [-0.15, -0.1) is 0 Å². The van der Waals surface area contributed by atoms with E-state index in [1.807, 2.05) is 0 Å². The van der Waals surface area contributed by atoms with Gasteiger partial charge in [-0.05, 0) is 62.7 Å². The topological polar surface area (TPSA) is 0 Å². The van der Waals surface area contributed by atoms with Gasteiger partial charge >= 0.3 is 0 Å². The summed E-state index contributed by atoms with van der Waals surface area (Å²) in [6.07, 6.45) is 3.70. The zero-order valence-electron chi connectivity index (χ0n) is 31.3. The normalized spacial score (nSPS) is 11.4. The van der Waals surface area contributed by atoms with Gasteiger partial charge in [0, 0.05) is 0 Å². The molecule has 0 radical (unpaired) electrons. The predicted octanol–water partition coefficient (Wildman–Crippen LogP) is 10.1. The van der Waals surface area contributed by atoms with Crippen LogP contribution in [0.5, 0.6) is 0 Å². The third kappa shape index (κ3) is 8.23. The maximum absolute atomic E-state index is 2.40. The van der Waals surface area contributed by atoms with Gasteiger partial charge in [-0.1, -0.05) is 194 Å². The average molecular weight is 695 g/mol. The summed E-state index contributed by atoms with van der Waals surface area (Å²) in [5.74, 6) is 0. The second-order valence-electron chi connectivity index (χ2n) is 14.4. The van der Waals surface area contributed by atoms with Crippen LogP contribution in [0.25, 0.3) is 0 Å². The fourth-order valence-electron chi connectivity index (χ4n) is 8.14. The van der Waals surface area contributed by atoms with Crippen LogP contribution in [0.4, 0.5) is 0 Å². The third-order valence-electron chi connectivity index (χ3n) is 10.7. The molecule has 0 saturated heterocycles. The summed E-state index contributed by atoms with van der Waals surface area (Å²) < 4.78 is 0. The van der Waals surface area contributed by atoms with Crippen molar-refractivity contribution >= 4 is 45.7 Å². The van der Waals surface area contributed by atoms with Crippen molar-refractivity contribution in [1.82, 2.24) is 0 Å². The molecule has 260 valence electrons.